The first kappa shape index (κ1) is 11.9. The van der Waals surface area contributed by atoms with Crippen molar-refractivity contribution in [3.63, 3.8) is 0 Å². The van der Waals surface area contributed by atoms with Crippen molar-refractivity contribution >= 4 is 5.65 Å². The van der Waals surface area contributed by atoms with E-state index in [0.717, 1.165) is 18.7 Å². The van der Waals surface area contributed by atoms with E-state index in [-0.39, 0.29) is 0 Å². The van der Waals surface area contributed by atoms with Crippen molar-refractivity contribution in [2.24, 2.45) is 0 Å². The fourth-order valence-corrected chi connectivity index (χ4v) is 1.68. The van der Waals surface area contributed by atoms with Crippen LogP contribution < -0.4 is 0 Å². The Labute approximate surface area is 96.3 Å². The van der Waals surface area contributed by atoms with E-state index in [2.05, 4.69) is 10.1 Å². The third-order valence-electron chi connectivity index (χ3n) is 2.46. The second-order valence-corrected chi connectivity index (χ2v) is 3.96. The first-order valence-electron chi connectivity index (χ1n) is 5.35. The zero-order chi connectivity index (χ0) is 12.6. The highest BCUT2D eigenvalue weighted by Gasteiger charge is 2.31. The summed E-state index contributed by atoms with van der Waals surface area (Å²) in [7, 11) is 0. The van der Waals surface area contributed by atoms with Gasteiger partial charge >= 0.3 is 6.18 Å². The summed E-state index contributed by atoms with van der Waals surface area (Å²) in [5.74, 6) is 0.579. The minimum Gasteiger partial charge on any atom is -0.220 e. The Morgan fingerprint density at radius 2 is 2.06 bits per heavy atom. The molecule has 0 fully saturated rings. The van der Waals surface area contributed by atoms with Crippen LogP contribution >= 0.6 is 0 Å². The summed E-state index contributed by atoms with van der Waals surface area (Å²) in [6, 6.07) is 1.10. The molecular weight excluding hydrogens is 231 g/mol. The van der Waals surface area contributed by atoms with E-state index in [4.69, 9.17) is 0 Å². The van der Waals surface area contributed by atoms with Crippen LogP contribution in [-0.2, 0) is 12.6 Å². The Morgan fingerprint density at radius 1 is 1.35 bits per heavy atom. The van der Waals surface area contributed by atoms with E-state index < -0.39 is 11.7 Å². The van der Waals surface area contributed by atoms with Crippen LogP contribution in [0.5, 0.6) is 0 Å². The van der Waals surface area contributed by atoms with Crippen molar-refractivity contribution < 1.29 is 13.2 Å². The van der Waals surface area contributed by atoms with Gasteiger partial charge in [-0.1, -0.05) is 6.92 Å². The Kier molecular flexibility index (Phi) is 2.81. The Balaban J connectivity index is 2.57. The molecule has 0 N–H and O–H groups in total. The number of pyridine rings is 1. The molecular formula is C11H12F3N3. The quantitative estimate of drug-likeness (QED) is 0.811. The maximum atomic E-state index is 12.6. The summed E-state index contributed by atoms with van der Waals surface area (Å²) in [4.78, 5) is 4.21. The molecule has 0 bridgehead atoms. The summed E-state index contributed by atoms with van der Waals surface area (Å²) in [5.41, 5.74) is 0.270. The molecule has 2 aromatic heterocycles. The van der Waals surface area contributed by atoms with Crippen molar-refractivity contribution in [3.05, 3.63) is 29.2 Å². The molecule has 0 spiro atoms. The minimum absolute atomic E-state index is 0.481. The highest BCUT2D eigenvalue weighted by Crippen LogP contribution is 2.30. The minimum atomic E-state index is -4.35. The van der Waals surface area contributed by atoms with Gasteiger partial charge in [-0.3, -0.25) is 0 Å². The van der Waals surface area contributed by atoms with Crippen LogP contribution in [0.3, 0.4) is 0 Å². The Bertz CT molecular complexity index is 543. The van der Waals surface area contributed by atoms with Gasteiger partial charge in [0.1, 0.15) is 0 Å². The number of nitrogens with zero attached hydrogens (tertiary/aromatic N) is 3. The van der Waals surface area contributed by atoms with Crippen LogP contribution in [0.4, 0.5) is 13.2 Å². The number of halogens is 3. The van der Waals surface area contributed by atoms with Gasteiger partial charge in [0.05, 0.1) is 5.56 Å². The van der Waals surface area contributed by atoms with E-state index in [0.29, 0.717) is 23.5 Å². The molecule has 0 aromatic carbocycles. The zero-order valence-electron chi connectivity index (χ0n) is 9.54. The molecule has 0 amide bonds. The topological polar surface area (TPSA) is 30.2 Å². The Morgan fingerprint density at radius 3 is 2.65 bits per heavy atom. The van der Waals surface area contributed by atoms with E-state index in [1.165, 1.54) is 4.52 Å². The van der Waals surface area contributed by atoms with Gasteiger partial charge < -0.3 is 0 Å². The fourth-order valence-electron chi connectivity index (χ4n) is 1.68. The van der Waals surface area contributed by atoms with E-state index in [1.807, 2.05) is 6.92 Å². The summed E-state index contributed by atoms with van der Waals surface area (Å²) in [6.45, 7) is 3.58. The van der Waals surface area contributed by atoms with Crippen molar-refractivity contribution in [2.75, 3.05) is 0 Å². The second-order valence-electron chi connectivity index (χ2n) is 3.96. The average molecular weight is 243 g/mol. The zero-order valence-corrected chi connectivity index (χ0v) is 9.54. The van der Waals surface area contributed by atoms with Crippen molar-refractivity contribution in [1.29, 1.82) is 0 Å². The molecule has 0 saturated heterocycles. The normalized spacial score (nSPS) is 12.3. The van der Waals surface area contributed by atoms with E-state index >= 15 is 0 Å². The average Bonchev–Trinajstić information content (AvgIpc) is 2.60. The predicted octanol–water partition coefficient (Wildman–Crippen LogP) is 3.01. The van der Waals surface area contributed by atoms with Crippen molar-refractivity contribution in [3.8, 4) is 0 Å². The fraction of sp³-hybridized carbons (Fsp3) is 0.455. The molecule has 6 heteroatoms. The van der Waals surface area contributed by atoms with Crippen LogP contribution in [0, 0.1) is 6.92 Å². The molecule has 3 nitrogen and oxygen atoms in total. The molecule has 2 heterocycles. The van der Waals surface area contributed by atoms with Crippen molar-refractivity contribution in [2.45, 2.75) is 32.9 Å². The second kappa shape index (κ2) is 4.01. The Hall–Kier alpha value is -1.59. The monoisotopic (exact) mass is 243 g/mol. The van der Waals surface area contributed by atoms with Gasteiger partial charge in [0.15, 0.2) is 11.5 Å². The molecule has 0 aliphatic rings. The van der Waals surface area contributed by atoms with Crippen LogP contribution in [0.1, 0.15) is 30.3 Å². The molecule has 0 unspecified atom stereocenters. The molecule has 0 saturated carbocycles. The van der Waals surface area contributed by atoms with Gasteiger partial charge in [0.25, 0.3) is 0 Å². The molecule has 2 aromatic rings. The molecule has 0 atom stereocenters. The highest BCUT2D eigenvalue weighted by molar-refractivity contribution is 5.48. The van der Waals surface area contributed by atoms with Gasteiger partial charge in [0.2, 0.25) is 0 Å². The number of aromatic nitrogens is 3. The van der Waals surface area contributed by atoms with Crippen LogP contribution in [0.2, 0.25) is 0 Å². The number of rotatable bonds is 2. The maximum absolute atomic E-state index is 12.6. The third-order valence-corrected chi connectivity index (χ3v) is 2.46. The molecule has 17 heavy (non-hydrogen) atoms. The lowest BCUT2D eigenvalue weighted by molar-refractivity contribution is -0.137. The van der Waals surface area contributed by atoms with Gasteiger partial charge in [-0.2, -0.15) is 18.3 Å². The lowest BCUT2D eigenvalue weighted by Gasteiger charge is -2.07. The number of fused-ring (bicyclic) bond motifs is 1. The molecule has 2 rings (SSSR count). The summed E-state index contributed by atoms with van der Waals surface area (Å²) < 4.78 is 39.0. The van der Waals surface area contributed by atoms with Gasteiger partial charge in [-0.05, 0) is 25.0 Å². The van der Waals surface area contributed by atoms with Gasteiger partial charge in [0, 0.05) is 12.6 Å². The number of aryl methyl sites for hydroxylation is 2. The first-order chi connectivity index (χ1) is 7.91. The standard InChI is InChI=1S/C11H12F3N3/c1-3-4-9-15-10-7(2)5-8(11(12,13)14)6-17(10)16-9/h5-6H,3-4H2,1-2H3. The molecule has 0 aliphatic carbocycles. The largest absolute Gasteiger partial charge is 0.417 e. The van der Waals surface area contributed by atoms with Gasteiger partial charge in [-0.15, -0.1) is 0 Å². The lowest BCUT2D eigenvalue weighted by Crippen LogP contribution is -2.07. The SMILES string of the molecule is CCCc1nc2c(C)cc(C(F)(F)F)cn2n1. The molecule has 0 radical (unpaired) electrons. The van der Waals surface area contributed by atoms with Crippen LogP contribution in [0.25, 0.3) is 5.65 Å². The summed E-state index contributed by atoms with van der Waals surface area (Å²) >= 11 is 0. The van der Waals surface area contributed by atoms with E-state index in [9.17, 15) is 13.2 Å². The highest BCUT2D eigenvalue weighted by atomic mass is 19.4. The number of alkyl halides is 3. The number of hydrogen-bond acceptors (Lipinski definition) is 2. The lowest BCUT2D eigenvalue weighted by atomic mass is 10.2. The van der Waals surface area contributed by atoms with Gasteiger partial charge in [-0.25, -0.2) is 9.50 Å². The number of hydrogen-bond donors (Lipinski definition) is 0. The predicted molar refractivity (Wildman–Crippen MR) is 56.7 cm³/mol. The maximum Gasteiger partial charge on any atom is 0.417 e. The van der Waals surface area contributed by atoms with Crippen LogP contribution in [-0.4, -0.2) is 14.6 Å². The smallest absolute Gasteiger partial charge is 0.220 e. The molecule has 0 aliphatic heterocycles. The summed E-state index contributed by atoms with van der Waals surface area (Å²) in [6.07, 6.45) is -1.84. The van der Waals surface area contributed by atoms with Crippen LogP contribution in [0.15, 0.2) is 12.3 Å². The first-order valence-corrected chi connectivity index (χ1v) is 5.35. The summed E-state index contributed by atoms with van der Waals surface area (Å²) in [5, 5.41) is 4.04. The van der Waals surface area contributed by atoms with Crippen molar-refractivity contribution in [1.82, 2.24) is 14.6 Å². The third kappa shape index (κ3) is 2.25. The van der Waals surface area contributed by atoms with E-state index in [1.54, 1.807) is 6.92 Å². The molecule has 92 valence electrons.